The second kappa shape index (κ2) is 9.33. The molecule has 1 aromatic carbocycles. The van der Waals surface area contributed by atoms with Crippen LogP contribution in [0.4, 0.5) is 5.13 Å². The number of thiazole rings is 1. The zero-order chi connectivity index (χ0) is 20.8. The molecule has 2 heterocycles. The summed E-state index contributed by atoms with van der Waals surface area (Å²) in [5.74, 6) is 0.0197. The third kappa shape index (κ3) is 5.89. The molecule has 3 rings (SSSR count). The predicted octanol–water partition coefficient (Wildman–Crippen LogP) is 3.35. The van der Waals surface area contributed by atoms with Gasteiger partial charge in [0.2, 0.25) is 0 Å². The molecule has 9 heteroatoms. The summed E-state index contributed by atoms with van der Waals surface area (Å²) in [7, 11) is 0. The van der Waals surface area contributed by atoms with Gasteiger partial charge in [-0.1, -0.05) is 6.07 Å². The van der Waals surface area contributed by atoms with E-state index in [1.807, 2.05) is 26.0 Å². The average Bonchev–Trinajstić information content (AvgIpc) is 3.29. The summed E-state index contributed by atoms with van der Waals surface area (Å²) in [4.78, 5) is 28.1. The lowest BCUT2D eigenvalue weighted by atomic mass is 10.1. The standard InChI is InChI=1S/C20H22N4O4S/c1-4-27-18(25)10-15-11-29-20(21-15)22-19(26)17-5-6-24(23-17)12-28-16-8-13(2)7-14(3)9-16/h5-9,11H,4,10,12H2,1-3H3,(H,21,22,26). The minimum atomic E-state index is -0.382. The topological polar surface area (TPSA) is 95.3 Å². The first-order valence-corrected chi connectivity index (χ1v) is 9.97. The van der Waals surface area contributed by atoms with Crippen molar-refractivity contribution in [3.63, 3.8) is 0 Å². The molecular weight excluding hydrogens is 392 g/mol. The van der Waals surface area contributed by atoms with Gasteiger partial charge in [-0.25, -0.2) is 9.67 Å². The number of anilines is 1. The number of nitrogens with one attached hydrogen (secondary N) is 1. The Morgan fingerprint density at radius 1 is 1.21 bits per heavy atom. The molecular formula is C20H22N4O4S. The van der Waals surface area contributed by atoms with E-state index in [0.717, 1.165) is 16.9 Å². The molecule has 0 saturated carbocycles. The van der Waals surface area contributed by atoms with Gasteiger partial charge in [-0.3, -0.25) is 14.9 Å². The monoisotopic (exact) mass is 414 g/mol. The predicted molar refractivity (Wildman–Crippen MR) is 109 cm³/mol. The first-order chi connectivity index (χ1) is 13.9. The molecule has 0 spiro atoms. The SMILES string of the molecule is CCOC(=O)Cc1csc(NC(=O)c2ccn(COc3cc(C)cc(C)c3)n2)n1. The van der Waals surface area contributed by atoms with Crippen molar-refractivity contribution in [2.24, 2.45) is 0 Å². The van der Waals surface area contributed by atoms with E-state index in [9.17, 15) is 9.59 Å². The van der Waals surface area contributed by atoms with E-state index >= 15 is 0 Å². The number of aryl methyl sites for hydroxylation is 2. The number of nitrogens with zero attached hydrogens (tertiary/aromatic N) is 3. The van der Waals surface area contributed by atoms with Crippen molar-refractivity contribution in [2.45, 2.75) is 33.9 Å². The van der Waals surface area contributed by atoms with Gasteiger partial charge in [0.25, 0.3) is 5.91 Å². The molecule has 152 valence electrons. The molecule has 0 saturated heterocycles. The van der Waals surface area contributed by atoms with Crippen molar-refractivity contribution in [1.82, 2.24) is 14.8 Å². The van der Waals surface area contributed by atoms with E-state index in [1.165, 1.54) is 11.3 Å². The summed E-state index contributed by atoms with van der Waals surface area (Å²) >= 11 is 1.24. The van der Waals surface area contributed by atoms with Crippen molar-refractivity contribution in [3.8, 4) is 5.75 Å². The quantitative estimate of drug-likeness (QED) is 0.568. The van der Waals surface area contributed by atoms with Crippen LogP contribution in [0.1, 0.15) is 34.2 Å². The van der Waals surface area contributed by atoms with Crippen molar-refractivity contribution < 1.29 is 19.1 Å². The Bertz CT molecular complexity index is 991. The highest BCUT2D eigenvalue weighted by Gasteiger charge is 2.14. The van der Waals surface area contributed by atoms with E-state index in [4.69, 9.17) is 9.47 Å². The van der Waals surface area contributed by atoms with Gasteiger partial charge in [0, 0.05) is 11.6 Å². The number of hydrogen-bond donors (Lipinski definition) is 1. The van der Waals surface area contributed by atoms with Crippen LogP contribution in [-0.2, 0) is 22.7 Å². The van der Waals surface area contributed by atoms with Gasteiger partial charge in [0.05, 0.1) is 18.7 Å². The van der Waals surface area contributed by atoms with Crippen LogP contribution in [0.2, 0.25) is 0 Å². The molecule has 0 atom stereocenters. The van der Waals surface area contributed by atoms with Gasteiger partial charge in [0.1, 0.15) is 5.75 Å². The summed E-state index contributed by atoms with van der Waals surface area (Å²) in [6.45, 7) is 6.27. The van der Waals surface area contributed by atoms with Gasteiger partial charge in [-0.15, -0.1) is 11.3 Å². The summed E-state index contributed by atoms with van der Waals surface area (Å²) in [5, 5.41) is 9.02. The van der Waals surface area contributed by atoms with E-state index < -0.39 is 0 Å². The number of aromatic nitrogens is 3. The van der Waals surface area contributed by atoms with Crippen LogP contribution < -0.4 is 10.1 Å². The Hall–Kier alpha value is -3.20. The van der Waals surface area contributed by atoms with E-state index in [-0.39, 0.29) is 30.7 Å². The summed E-state index contributed by atoms with van der Waals surface area (Å²) < 4.78 is 12.2. The summed E-state index contributed by atoms with van der Waals surface area (Å²) in [5.41, 5.74) is 3.03. The number of carbonyl (C=O) groups is 2. The highest BCUT2D eigenvalue weighted by molar-refractivity contribution is 7.14. The number of amides is 1. The zero-order valence-corrected chi connectivity index (χ0v) is 17.3. The van der Waals surface area contributed by atoms with Crippen molar-refractivity contribution in [2.75, 3.05) is 11.9 Å². The van der Waals surface area contributed by atoms with Crippen molar-refractivity contribution in [1.29, 1.82) is 0 Å². The minimum absolute atomic E-state index is 0.0740. The van der Waals surface area contributed by atoms with Crippen LogP contribution >= 0.6 is 11.3 Å². The number of esters is 1. The molecule has 1 N–H and O–H groups in total. The Balaban J connectivity index is 1.55. The van der Waals surface area contributed by atoms with Crippen molar-refractivity contribution in [3.05, 3.63) is 58.4 Å². The third-order valence-electron chi connectivity index (χ3n) is 3.83. The number of rotatable bonds is 8. The maximum absolute atomic E-state index is 12.4. The second-order valence-electron chi connectivity index (χ2n) is 6.42. The molecule has 1 amide bonds. The fourth-order valence-corrected chi connectivity index (χ4v) is 3.38. The van der Waals surface area contributed by atoms with Crippen LogP contribution in [0.5, 0.6) is 5.75 Å². The minimum Gasteiger partial charge on any atom is -0.471 e. The van der Waals surface area contributed by atoms with Gasteiger partial charge in [-0.2, -0.15) is 5.10 Å². The Morgan fingerprint density at radius 3 is 2.69 bits per heavy atom. The van der Waals surface area contributed by atoms with Gasteiger partial charge < -0.3 is 9.47 Å². The summed E-state index contributed by atoms with van der Waals surface area (Å²) in [6.07, 6.45) is 1.75. The molecule has 0 bridgehead atoms. The first kappa shape index (κ1) is 20.5. The smallest absolute Gasteiger partial charge is 0.311 e. The third-order valence-corrected chi connectivity index (χ3v) is 4.64. The van der Waals surface area contributed by atoms with Crippen LogP contribution in [0, 0.1) is 13.8 Å². The second-order valence-corrected chi connectivity index (χ2v) is 7.28. The number of benzene rings is 1. The van der Waals surface area contributed by atoms with Gasteiger partial charge in [0.15, 0.2) is 17.6 Å². The normalized spacial score (nSPS) is 10.6. The van der Waals surface area contributed by atoms with E-state index in [2.05, 4.69) is 21.5 Å². The maximum Gasteiger partial charge on any atom is 0.311 e. The molecule has 0 aliphatic rings. The molecule has 8 nitrogen and oxygen atoms in total. The van der Waals surface area contributed by atoms with Crippen LogP contribution in [0.15, 0.2) is 35.8 Å². The number of hydrogen-bond acceptors (Lipinski definition) is 7. The Morgan fingerprint density at radius 2 is 1.97 bits per heavy atom. The Kier molecular flexibility index (Phi) is 6.61. The highest BCUT2D eigenvalue weighted by Crippen LogP contribution is 2.18. The fourth-order valence-electron chi connectivity index (χ4n) is 2.68. The molecule has 0 radical (unpaired) electrons. The largest absolute Gasteiger partial charge is 0.471 e. The average molecular weight is 414 g/mol. The Labute approximate surface area is 172 Å². The lowest BCUT2D eigenvalue weighted by Crippen LogP contribution is -2.14. The fraction of sp³-hybridized carbons (Fsp3) is 0.300. The molecule has 0 unspecified atom stereocenters. The molecule has 0 aliphatic carbocycles. The highest BCUT2D eigenvalue weighted by atomic mass is 32.1. The molecule has 0 aliphatic heterocycles. The lowest BCUT2D eigenvalue weighted by Gasteiger charge is -2.08. The van der Waals surface area contributed by atoms with Crippen LogP contribution in [0.3, 0.4) is 0 Å². The first-order valence-electron chi connectivity index (χ1n) is 9.09. The van der Waals surface area contributed by atoms with Crippen molar-refractivity contribution >= 4 is 28.3 Å². The molecule has 0 fully saturated rings. The van der Waals surface area contributed by atoms with Gasteiger partial charge in [-0.05, 0) is 50.1 Å². The number of carbonyl (C=O) groups excluding carboxylic acids is 2. The maximum atomic E-state index is 12.4. The molecule has 2 aromatic heterocycles. The zero-order valence-electron chi connectivity index (χ0n) is 16.5. The van der Waals surface area contributed by atoms with Gasteiger partial charge >= 0.3 is 5.97 Å². The lowest BCUT2D eigenvalue weighted by molar-refractivity contribution is -0.142. The van der Waals surface area contributed by atoms with E-state index in [1.54, 1.807) is 29.2 Å². The number of ether oxygens (including phenoxy) is 2. The van der Waals surface area contributed by atoms with E-state index in [0.29, 0.717) is 17.4 Å². The summed E-state index contributed by atoms with van der Waals surface area (Å²) in [6, 6.07) is 7.56. The molecule has 29 heavy (non-hydrogen) atoms. The van der Waals surface area contributed by atoms with Crippen LogP contribution in [0.25, 0.3) is 0 Å². The molecule has 3 aromatic rings. The van der Waals surface area contributed by atoms with Crippen LogP contribution in [-0.4, -0.2) is 33.2 Å².